The lowest BCUT2D eigenvalue weighted by molar-refractivity contribution is -0.124. The third kappa shape index (κ3) is 5.63. The van der Waals surface area contributed by atoms with E-state index in [-0.39, 0.29) is 5.91 Å². The molecule has 1 amide bonds. The second-order valence-electron chi connectivity index (χ2n) is 7.58. The van der Waals surface area contributed by atoms with Crippen molar-refractivity contribution in [2.24, 2.45) is 0 Å². The highest BCUT2D eigenvalue weighted by molar-refractivity contribution is 9.10. The first-order valence-electron chi connectivity index (χ1n) is 10.4. The third-order valence-corrected chi connectivity index (χ3v) is 6.44. The number of amides is 1. The normalized spacial score (nSPS) is 14.7. The first-order valence-corrected chi connectivity index (χ1v) is 12.0. The van der Waals surface area contributed by atoms with Crippen LogP contribution < -0.4 is 0 Å². The average Bonchev–Trinajstić information content (AvgIpc) is 3.34. The number of nitrogens with zero attached hydrogens (tertiary/aromatic N) is 1. The molecule has 0 saturated carbocycles. The number of benzene rings is 3. The van der Waals surface area contributed by atoms with Gasteiger partial charge in [-0.3, -0.25) is 4.79 Å². The SMILES string of the molecule is O=C(/C(=C\C(=C\c1ccc(Br)cc1)c1ccc(Br)cc1)c1ccccc1)N1CCCC1. The zero-order valence-corrected chi connectivity index (χ0v) is 20.3. The highest BCUT2D eigenvalue weighted by Gasteiger charge is 2.23. The molecule has 1 saturated heterocycles. The van der Waals surface area contributed by atoms with Gasteiger partial charge in [-0.1, -0.05) is 86.5 Å². The van der Waals surface area contributed by atoms with Crippen LogP contribution in [-0.4, -0.2) is 23.9 Å². The van der Waals surface area contributed by atoms with Crippen LogP contribution in [0.1, 0.15) is 29.5 Å². The van der Waals surface area contributed by atoms with E-state index in [1.165, 1.54) is 0 Å². The summed E-state index contributed by atoms with van der Waals surface area (Å²) in [6.07, 6.45) is 6.32. The Morgan fingerprint density at radius 2 is 1.32 bits per heavy atom. The molecule has 31 heavy (non-hydrogen) atoms. The van der Waals surface area contributed by atoms with Crippen LogP contribution in [0.15, 0.2) is 93.9 Å². The molecule has 1 heterocycles. The fourth-order valence-corrected chi connectivity index (χ4v) is 4.25. The predicted molar refractivity (Wildman–Crippen MR) is 136 cm³/mol. The first-order chi connectivity index (χ1) is 15.1. The summed E-state index contributed by atoms with van der Waals surface area (Å²) in [4.78, 5) is 15.5. The van der Waals surface area contributed by atoms with Gasteiger partial charge in [0, 0.05) is 27.6 Å². The molecule has 0 N–H and O–H groups in total. The van der Waals surface area contributed by atoms with Gasteiger partial charge >= 0.3 is 0 Å². The Labute approximate surface area is 200 Å². The summed E-state index contributed by atoms with van der Waals surface area (Å²) < 4.78 is 2.07. The van der Waals surface area contributed by atoms with Crippen molar-refractivity contribution in [2.45, 2.75) is 12.8 Å². The van der Waals surface area contributed by atoms with Gasteiger partial charge in [0.15, 0.2) is 0 Å². The van der Waals surface area contributed by atoms with Crippen molar-refractivity contribution in [3.63, 3.8) is 0 Å². The minimum Gasteiger partial charge on any atom is -0.339 e. The summed E-state index contributed by atoms with van der Waals surface area (Å²) in [5.74, 6) is 0.0996. The Morgan fingerprint density at radius 1 is 0.742 bits per heavy atom. The van der Waals surface area contributed by atoms with E-state index in [4.69, 9.17) is 0 Å². The molecule has 1 aliphatic heterocycles. The molecule has 0 aliphatic carbocycles. The Hall–Kier alpha value is -2.43. The fraction of sp³-hybridized carbons (Fsp3) is 0.148. The summed E-state index contributed by atoms with van der Waals surface area (Å²) >= 11 is 7.03. The quantitative estimate of drug-likeness (QED) is 0.188. The number of carbonyl (C=O) groups excluding carboxylic acids is 1. The Morgan fingerprint density at radius 3 is 1.94 bits per heavy atom. The number of likely N-dealkylation sites (tertiary alicyclic amines) is 1. The topological polar surface area (TPSA) is 20.3 Å². The van der Waals surface area contributed by atoms with E-state index in [2.05, 4.69) is 62.2 Å². The van der Waals surface area contributed by atoms with Crippen LogP contribution in [0.2, 0.25) is 0 Å². The molecular weight excluding hydrogens is 514 g/mol. The molecule has 0 spiro atoms. The second kappa shape index (κ2) is 10.3. The maximum Gasteiger partial charge on any atom is 0.254 e. The summed E-state index contributed by atoms with van der Waals surface area (Å²) in [6, 6.07) is 26.4. The molecule has 0 bridgehead atoms. The van der Waals surface area contributed by atoms with Crippen LogP contribution in [0.3, 0.4) is 0 Å². The number of carbonyl (C=O) groups is 1. The Kier molecular flexibility index (Phi) is 7.21. The van der Waals surface area contributed by atoms with Gasteiger partial charge in [-0.05, 0) is 71.5 Å². The third-order valence-electron chi connectivity index (χ3n) is 5.38. The molecule has 3 aromatic rings. The molecule has 0 atom stereocenters. The van der Waals surface area contributed by atoms with Gasteiger partial charge in [0.1, 0.15) is 0 Å². The number of hydrogen-bond acceptors (Lipinski definition) is 1. The summed E-state index contributed by atoms with van der Waals surface area (Å²) in [7, 11) is 0. The molecule has 0 unspecified atom stereocenters. The van der Waals surface area contributed by atoms with Crippen LogP contribution in [0.5, 0.6) is 0 Å². The highest BCUT2D eigenvalue weighted by Crippen LogP contribution is 2.28. The zero-order chi connectivity index (χ0) is 21.6. The van der Waals surface area contributed by atoms with Crippen LogP contribution in [0.25, 0.3) is 17.2 Å². The smallest absolute Gasteiger partial charge is 0.254 e. The molecule has 1 fully saturated rings. The largest absolute Gasteiger partial charge is 0.339 e. The lowest BCUT2D eigenvalue weighted by Gasteiger charge is -2.18. The van der Waals surface area contributed by atoms with Crippen LogP contribution in [0, 0.1) is 0 Å². The fourth-order valence-electron chi connectivity index (χ4n) is 3.72. The van der Waals surface area contributed by atoms with E-state index in [1.807, 2.05) is 65.6 Å². The molecule has 0 aromatic heterocycles. The van der Waals surface area contributed by atoms with Crippen molar-refractivity contribution in [3.8, 4) is 0 Å². The van der Waals surface area contributed by atoms with Gasteiger partial charge in [-0.2, -0.15) is 0 Å². The number of rotatable bonds is 5. The minimum atomic E-state index is 0.0996. The molecular formula is C27H23Br2NO. The minimum absolute atomic E-state index is 0.0996. The van der Waals surface area contributed by atoms with Gasteiger partial charge in [-0.15, -0.1) is 0 Å². The van der Waals surface area contributed by atoms with E-state index in [1.54, 1.807) is 0 Å². The van der Waals surface area contributed by atoms with Gasteiger partial charge in [-0.25, -0.2) is 0 Å². The van der Waals surface area contributed by atoms with E-state index >= 15 is 0 Å². The Bertz CT molecular complexity index is 1090. The van der Waals surface area contributed by atoms with Crippen molar-refractivity contribution in [3.05, 3.63) is 111 Å². The Balaban J connectivity index is 1.84. The summed E-state index contributed by atoms with van der Waals surface area (Å²) in [5, 5.41) is 0. The molecule has 1 aliphatic rings. The molecule has 4 rings (SSSR count). The van der Waals surface area contributed by atoms with Gasteiger partial charge in [0.25, 0.3) is 5.91 Å². The molecule has 3 aromatic carbocycles. The molecule has 156 valence electrons. The van der Waals surface area contributed by atoms with E-state index in [0.29, 0.717) is 0 Å². The highest BCUT2D eigenvalue weighted by atomic mass is 79.9. The van der Waals surface area contributed by atoms with Crippen LogP contribution >= 0.6 is 31.9 Å². The molecule has 4 heteroatoms. The lowest BCUT2D eigenvalue weighted by atomic mass is 9.96. The number of halogens is 2. The van der Waals surface area contributed by atoms with E-state index in [9.17, 15) is 4.79 Å². The molecule has 0 radical (unpaired) electrons. The van der Waals surface area contributed by atoms with Gasteiger partial charge in [0.05, 0.1) is 0 Å². The standard InChI is InChI=1S/C27H23Br2NO/c28-24-12-8-20(9-13-24)18-23(21-10-14-25(29)15-11-21)19-26(22-6-2-1-3-7-22)27(31)30-16-4-5-17-30/h1-3,6-15,18-19H,4-5,16-17H2/b23-18-,26-19-. The van der Waals surface area contributed by atoms with Crippen molar-refractivity contribution in [1.29, 1.82) is 0 Å². The second-order valence-corrected chi connectivity index (χ2v) is 9.41. The maximum atomic E-state index is 13.5. The predicted octanol–water partition coefficient (Wildman–Crippen LogP) is 7.46. The van der Waals surface area contributed by atoms with Crippen LogP contribution in [0.4, 0.5) is 0 Å². The monoisotopic (exact) mass is 535 g/mol. The van der Waals surface area contributed by atoms with Gasteiger partial charge in [0.2, 0.25) is 0 Å². The maximum absolute atomic E-state index is 13.5. The lowest BCUT2D eigenvalue weighted by Crippen LogP contribution is -2.28. The van der Waals surface area contributed by atoms with Crippen molar-refractivity contribution < 1.29 is 4.79 Å². The zero-order valence-electron chi connectivity index (χ0n) is 17.1. The average molecular weight is 537 g/mol. The van der Waals surface area contributed by atoms with E-state index < -0.39 is 0 Å². The van der Waals surface area contributed by atoms with E-state index in [0.717, 1.165) is 62.7 Å². The summed E-state index contributed by atoms with van der Waals surface area (Å²) in [5.41, 5.74) is 4.82. The van der Waals surface area contributed by atoms with Crippen LogP contribution in [-0.2, 0) is 4.79 Å². The number of allylic oxidation sites excluding steroid dienone is 2. The summed E-state index contributed by atoms with van der Waals surface area (Å²) in [6.45, 7) is 1.65. The van der Waals surface area contributed by atoms with Crippen molar-refractivity contribution in [2.75, 3.05) is 13.1 Å². The first kappa shape index (κ1) is 21.8. The molecule has 2 nitrogen and oxygen atoms in total. The van der Waals surface area contributed by atoms with Crippen molar-refractivity contribution >= 4 is 55.0 Å². The number of hydrogen-bond donors (Lipinski definition) is 0. The van der Waals surface area contributed by atoms with Crippen molar-refractivity contribution in [1.82, 2.24) is 4.90 Å². The van der Waals surface area contributed by atoms with Gasteiger partial charge < -0.3 is 4.90 Å².